The van der Waals surface area contributed by atoms with Crippen LogP contribution in [-0.2, 0) is 16.0 Å². The zero-order chi connectivity index (χ0) is 27.7. The van der Waals surface area contributed by atoms with E-state index in [1.54, 1.807) is 65.8 Å². The van der Waals surface area contributed by atoms with Crippen molar-refractivity contribution in [3.8, 4) is 11.6 Å². The molecule has 0 unspecified atom stereocenters. The Hall–Kier alpha value is -4.12. The fourth-order valence-corrected chi connectivity index (χ4v) is 3.81. The summed E-state index contributed by atoms with van der Waals surface area (Å²) < 4.78 is 18.3. The molecule has 0 radical (unpaired) electrons. The second-order valence-electron chi connectivity index (χ2n) is 10.5. The van der Waals surface area contributed by atoms with Gasteiger partial charge in [0.1, 0.15) is 16.9 Å². The molecule has 0 atom stereocenters. The van der Waals surface area contributed by atoms with E-state index in [0.717, 1.165) is 16.1 Å². The van der Waals surface area contributed by atoms with E-state index in [1.165, 1.54) is 6.39 Å². The number of fused-ring (bicyclic) bond motifs is 1. The first-order chi connectivity index (χ1) is 17.8. The summed E-state index contributed by atoms with van der Waals surface area (Å²) in [4.78, 5) is 30.3. The predicted octanol–water partition coefficient (Wildman–Crippen LogP) is 5.97. The van der Waals surface area contributed by atoms with Crippen molar-refractivity contribution in [3.63, 3.8) is 0 Å². The van der Waals surface area contributed by atoms with Crippen LogP contribution in [-0.4, -0.2) is 43.1 Å². The largest absolute Gasteiger partial charge is 0.443 e. The van der Waals surface area contributed by atoms with Crippen LogP contribution >= 0.6 is 11.6 Å². The maximum absolute atomic E-state index is 13.1. The zero-order valence-electron chi connectivity index (χ0n) is 22.0. The number of amides is 2. The minimum Gasteiger partial charge on any atom is -0.443 e. The number of hydrogen-bond acceptors (Lipinski definition) is 8. The molecule has 12 heteroatoms. The Balaban J connectivity index is 1.77. The van der Waals surface area contributed by atoms with Gasteiger partial charge in [0.2, 0.25) is 6.39 Å². The van der Waals surface area contributed by atoms with E-state index >= 15 is 0 Å². The van der Waals surface area contributed by atoms with Gasteiger partial charge in [0.05, 0.1) is 11.0 Å². The van der Waals surface area contributed by atoms with Crippen LogP contribution < -0.4 is 10.4 Å². The Labute approximate surface area is 224 Å². The van der Waals surface area contributed by atoms with E-state index < -0.39 is 23.4 Å². The number of pyridine rings is 1. The number of rotatable bonds is 4. The summed E-state index contributed by atoms with van der Waals surface area (Å²) in [5.41, 5.74) is 3.65. The molecule has 1 aromatic carbocycles. The minimum absolute atomic E-state index is 0.120. The average molecular weight is 541 g/mol. The highest BCUT2D eigenvalue weighted by atomic mass is 35.5. The first-order valence-electron chi connectivity index (χ1n) is 11.8. The van der Waals surface area contributed by atoms with Crippen LogP contribution in [0.4, 0.5) is 15.4 Å². The Morgan fingerprint density at radius 2 is 1.79 bits per heavy atom. The molecule has 200 valence electrons. The molecular weight excluding hydrogens is 512 g/mol. The van der Waals surface area contributed by atoms with E-state index in [2.05, 4.69) is 20.6 Å². The molecular formula is C26H29ClN6O5. The van der Waals surface area contributed by atoms with Crippen molar-refractivity contribution in [3.05, 3.63) is 59.4 Å². The molecule has 11 nitrogen and oxygen atoms in total. The summed E-state index contributed by atoms with van der Waals surface area (Å²) in [5.74, 6) is 0.414. The van der Waals surface area contributed by atoms with E-state index in [9.17, 15) is 9.59 Å². The van der Waals surface area contributed by atoms with Crippen molar-refractivity contribution in [2.75, 3.05) is 5.01 Å². The van der Waals surface area contributed by atoms with Gasteiger partial charge in [0.25, 0.3) is 5.89 Å². The Morgan fingerprint density at radius 1 is 1.05 bits per heavy atom. The fraction of sp³-hybridized carbons (Fsp3) is 0.346. The molecule has 1 N–H and O–H groups in total. The summed E-state index contributed by atoms with van der Waals surface area (Å²) in [5, 5.41) is 9.37. The van der Waals surface area contributed by atoms with Gasteiger partial charge in [0.15, 0.2) is 5.82 Å². The summed E-state index contributed by atoms with van der Waals surface area (Å²) in [6, 6.07) is 12.6. The lowest BCUT2D eigenvalue weighted by Gasteiger charge is -2.28. The maximum Gasteiger partial charge on any atom is 0.435 e. The Bertz CT molecular complexity index is 1450. The third-order valence-corrected chi connectivity index (χ3v) is 5.19. The summed E-state index contributed by atoms with van der Waals surface area (Å²) in [6.45, 7) is 10.8. The van der Waals surface area contributed by atoms with Gasteiger partial charge in [-0.15, -0.1) is 10.2 Å². The predicted molar refractivity (Wildman–Crippen MR) is 142 cm³/mol. The molecule has 0 aliphatic carbocycles. The summed E-state index contributed by atoms with van der Waals surface area (Å²) in [6.07, 6.45) is -0.425. The van der Waals surface area contributed by atoms with Crippen LogP contribution in [0.1, 0.15) is 47.1 Å². The van der Waals surface area contributed by atoms with Crippen LogP contribution in [0, 0.1) is 0 Å². The van der Waals surface area contributed by atoms with Crippen molar-refractivity contribution in [2.45, 2.75) is 59.3 Å². The zero-order valence-corrected chi connectivity index (χ0v) is 22.7. The average Bonchev–Trinajstić information content (AvgIpc) is 3.43. The second kappa shape index (κ2) is 10.3. The number of carbonyl (C=O) groups is 2. The SMILES string of the molecule is CC(C)(C)OC(=O)NN(C(=O)OC(C)(C)C)c1ccc2c(cc(-c3nnco3)n2Cc2cccc(Cl)c2)n1. The molecule has 0 aliphatic rings. The highest BCUT2D eigenvalue weighted by molar-refractivity contribution is 6.30. The van der Waals surface area contributed by atoms with Crippen LogP contribution in [0.3, 0.4) is 0 Å². The third-order valence-electron chi connectivity index (χ3n) is 4.96. The number of ether oxygens (including phenoxy) is 2. The van der Waals surface area contributed by atoms with Gasteiger partial charge in [-0.1, -0.05) is 23.7 Å². The molecule has 4 aromatic rings. The van der Waals surface area contributed by atoms with E-state index in [1.807, 2.05) is 22.8 Å². The van der Waals surface area contributed by atoms with E-state index in [4.69, 9.17) is 25.5 Å². The summed E-state index contributed by atoms with van der Waals surface area (Å²) >= 11 is 6.20. The number of hydrazine groups is 1. The molecule has 2 amide bonds. The smallest absolute Gasteiger partial charge is 0.435 e. The van der Waals surface area contributed by atoms with Crippen LogP contribution in [0.2, 0.25) is 5.02 Å². The van der Waals surface area contributed by atoms with Gasteiger partial charge < -0.3 is 18.5 Å². The molecule has 3 aromatic heterocycles. The van der Waals surface area contributed by atoms with Gasteiger partial charge in [-0.05, 0) is 77.4 Å². The monoisotopic (exact) mass is 540 g/mol. The fourth-order valence-electron chi connectivity index (χ4n) is 3.60. The second-order valence-corrected chi connectivity index (χ2v) is 10.9. The number of nitrogens with one attached hydrogen (secondary N) is 1. The molecule has 38 heavy (non-hydrogen) atoms. The van der Waals surface area contributed by atoms with Gasteiger partial charge in [-0.25, -0.2) is 20.0 Å². The van der Waals surface area contributed by atoms with Crippen LogP contribution in [0.5, 0.6) is 0 Å². The van der Waals surface area contributed by atoms with Gasteiger partial charge in [-0.2, -0.15) is 5.01 Å². The maximum atomic E-state index is 13.1. The number of halogens is 1. The third kappa shape index (κ3) is 6.60. The summed E-state index contributed by atoms with van der Waals surface area (Å²) in [7, 11) is 0. The molecule has 0 fully saturated rings. The quantitative estimate of drug-likeness (QED) is 0.314. The standard InChI is InChI=1S/C26H29ClN6O5/c1-25(2,3)37-23(34)31-33(24(35)38-26(4,5)6)21-11-10-19-18(29-21)13-20(22-30-28-15-36-22)32(19)14-16-8-7-9-17(27)12-16/h7-13,15H,14H2,1-6H3,(H,31,34). The number of aromatic nitrogens is 4. The molecule has 0 saturated carbocycles. The first kappa shape index (κ1) is 26.9. The highest BCUT2D eigenvalue weighted by Crippen LogP contribution is 2.29. The number of benzene rings is 1. The normalized spacial score (nSPS) is 11.9. The Kier molecular flexibility index (Phi) is 7.32. The molecule has 0 saturated heterocycles. The van der Waals surface area contributed by atoms with Gasteiger partial charge >= 0.3 is 12.2 Å². The number of carbonyl (C=O) groups excluding carboxylic acids is 2. The topological polar surface area (TPSA) is 125 Å². The number of hydrogen-bond donors (Lipinski definition) is 1. The van der Waals surface area contributed by atoms with Gasteiger partial charge in [-0.3, -0.25) is 0 Å². The number of nitrogens with zero attached hydrogens (tertiary/aromatic N) is 5. The van der Waals surface area contributed by atoms with E-state index in [0.29, 0.717) is 28.7 Å². The van der Waals surface area contributed by atoms with Crippen molar-refractivity contribution in [2.24, 2.45) is 0 Å². The number of anilines is 1. The van der Waals surface area contributed by atoms with Crippen molar-refractivity contribution >= 4 is 40.6 Å². The molecule has 4 rings (SSSR count). The van der Waals surface area contributed by atoms with Crippen molar-refractivity contribution in [1.29, 1.82) is 0 Å². The molecule has 0 bridgehead atoms. The lowest BCUT2D eigenvalue weighted by molar-refractivity contribution is 0.0424. The molecule has 3 heterocycles. The molecule has 0 spiro atoms. The first-order valence-corrected chi connectivity index (χ1v) is 12.2. The van der Waals surface area contributed by atoms with Crippen molar-refractivity contribution < 1.29 is 23.5 Å². The van der Waals surface area contributed by atoms with Crippen molar-refractivity contribution in [1.82, 2.24) is 25.2 Å². The highest BCUT2D eigenvalue weighted by Gasteiger charge is 2.29. The lowest BCUT2D eigenvalue weighted by Crippen LogP contribution is -2.50. The lowest BCUT2D eigenvalue weighted by atomic mass is 10.2. The van der Waals surface area contributed by atoms with E-state index in [-0.39, 0.29) is 5.82 Å². The Morgan fingerprint density at radius 3 is 2.42 bits per heavy atom. The van der Waals surface area contributed by atoms with Crippen LogP contribution in [0.25, 0.3) is 22.6 Å². The van der Waals surface area contributed by atoms with Gasteiger partial charge in [0, 0.05) is 11.6 Å². The molecule has 0 aliphatic heterocycles. The minimum atomic E-state index is -0.838. The van der Waals surface area contributed by atoms with Crippen LogP contribution in [0.15, 0.2) is 53.3 Å².